The van der Waals surface area contributed by atoms with E-state index in [0.717, 1.165) is 37.0 Å². The summed E-state index contributed by atoms with van der Waals surface area (Å²) in [6.07, 6.45) is 4.72. The second-order valence-electron chi connectivity index (χ2n) is 5.58. The van der Waals surface area contributed by atoms with E-state index in [2.05, 4.69) is 10.3 Å². The molecule has 0 radical (unpaired) electrons. The third-order valence-electron chi connectivity index (χ3n) is 4.11. The van der Waals surface area contributed by atoms with Crippen LogP contribution in [0.25, 0.3) is 11.0 Å². The van der Waals surface area contributed by atoms with Gasteiger partial charge in [-0.05, 0) is 51.3 Å². The average molecular weight is 271 g/mol. The SMILES string of the molecule is Cc1nc2ccccc2n(CCCC2CCCN2)c1=O. The highest BCUT2D eigenvalue weighted by Crippen LogP contribution is 2.14. The normalized spacial score (nSPS) is 18.8. The van der Waals surface area contributed by atoms with Crippen molar-refractivity contribution in [2.45, 2.75) is 45.2 Å². The van der Waals surface area contributed by atoms with E-state index in [0.29, 0.717) is 11.7 Å². The van der Waals surface area contributed by atoms with E-state index in [4.69, 9.17) is 0 Å². The van der Waals surface area contributed by atoms with Crippen molar-refractivity contribution in [1.29, 1.82) is 0 Å². The molecule has 0 aliphatic carbocycles. The molecule has 1 aromatic carbocycles. The van der Waals surface area contributed by atoms with Crippen LogP contribution in [0.2, 0.25) is 0 Å². The van der Waals surface area contributed by atoms with Gasteiger partial charge in [-0.2, -0.15) is 0 Å². The van der Waals surface area contributed by atoms with Crippen LogP contribution in [-0.4, -0.2) is 22.1 Å². The van der Waals surface area contributed by atoms with Crippen molar-refractivity contribution < 1.29 is 0 Å². The van der Waals surface area contributed by atoms with Crippen molar-refractivity contribution in [3.05, 3.63) is 40.3 Å². The lowest BCUT2D eigenvalue weighted by Gasteiger charge is -2.13. The Morgan fingerprint density at radius 2 is 2.25 bits per heavy atom. The molecule has 1 aromatic heterocycles. The number of aromatic nitrogens is 2. The van der Waals surface area contributed by atoms with E-state index in [1.807, 2.05) is 28.8 Å². The van der Waals surface area contributed by atoms with E-state index >= 15 is 0 Å². The van der Waals surface area contributed by atoms with Crippen LogP contribution in [0.1, 0.15) is 31.4 Å². The average Bonchev–Trinajstić information content (AvgIpc) is 2.96. The van der Waals surface area contributed by atoms with Crippen LogP contribution in [0, 0.1) is 6.92 Å². The van der Waals surface area contributed by atoms with Crippen LogP contribution in [0.3, 0.4) is 0 Å². The molecule has 1 aliphatic heterocycles. The minimum Gasteiger partial charge on any atom is -0.314 e. The quantitative estimate of drug-likeness (QED) is 0.927. The summed E-state index contributed by atoms with van der Waals surface area (Å²) in [5.41, 5.74) is 2.48. The number of rotatable bonds is 4. The Bertz CT molecular complexity index is 656. The molecule has 1 atom stereocenters. The first-order chi connectivity index (χ1) is 9.75. The van der Waals surface area contributed by atoms with Crippen molar-refractivity contribution in [1.82, 2.24) is 14.9 Å². The maximum absolute atomic E-state index is 12.3. The summed E-state index contributed by atoms with van der Waals surface area (Å²) in [7, 11) is 0. The smallest absolute Gasteiger partial charge is 0.272 e. The molecule has 0 saturated carbocycles. The Morgan fingerprint density at radius 3 is 3.05 bits per heavy atom. The fourth-order valence-electron chi connectivity index (χ4n) is 3.04. The predicted molar refractivity (Wildman–Crippen MR) is 81.0 cm³/mol. The lowest BCUT2D eigenvalue weighted by Crippen LogP contribution is -2.26. The van der Waals surface area contributed by atoms with E-state index in [-0.39, 0.29) is 5.56 Å². The van der Waals surface area contributed by atoms with Crippen LogP contribution >= 0.6 is 0 Å². The fraction of sp³-hybridized carbons (Fsp3) is 0.500. The van der Waals surface area contributed by atoms with Gasteiger partial charge in [-0.25, -0.2) is 4.98 Å². The summed E-state index contributed by atoms with van der Waals surface area (Å²) in [4.78, 5) is 16.7. The highest BCUT2D eigenvalue weighted by molar-refractivity contribution is 5.74. The summed E-state index contributed by atoms with van der Waals surface area (Å²) in [6.45, 7) is 3.71. The van der Waals surface area contributed by atoms with E-state index in [1.54, 1.807) is 6.92 Å². The van der Waals surface area contributed by atoms with Gasteiger partial charge in [0.1, 0.15) is 5.69 Å². The standard InChI is InChI=1S/C16H21N3O/c1-12-16(20)19(11-5-7-13-6-4-10-17-13)15-9-3-2-8-14(15)18-12/h2-3,8-9,13,17H,4-7,10-11H2,1H3. The van der Waals surface area contributed by atoms with Gasteiger partial charge in [0.05, 0.1) is 11.0 Å². The van der Waals surface area contributed by atoms with Crippen molar-refractivity contribution in [2.24, 2.45) is 0 Å². The molecule has 1 fully saturated rings. The Labute approximate surface area is 118 Å². The predicted octanol–water partition coefficient (Wildman–Crippen LogP) is 2.24. The minimum atomic E-state index is 0.0445. The molecule has 0 spiro atoms. The number of hydrogen-bond acceptors (Lipinski definition) is 3. The molecule has 4 heteroatoms. The van der Waals surface area contributed by atoms with Gasteiger partial charge in [-0.15, -0.1) is 0 Å². The Kier molecular flexibility index (Phi) is 3.83. The molecule has 20 heavy (non-hydrogen) atoms. The van der Waals surface area contributed by atoms with Crippen LogP contribution in [0.4, 0.5) is 0 Å². The molecule has 3 rings (SSSR count). The molecular formula is C16H21N3O. The summed E-state index contributed by atoms with van der Waals surface area (Å²) < 4.78 is 1.88. The molecule has 0 amide bonds. The zero-order chi connectivity index (χ0) is 13.9. The summed E-state index contributed by atoms with van der Waals surface area (Å²) in [6, 6.07) is 8.52. The fourth-order valence-corrected chi connectivity index (χ4v) is 3.04. The highest BCUT2D eigenvalue weighted by Gasteiger charge is 2.14. The third-order valence-corrected chi connectivity index (χ3v) is 4.11. The largest absolute Gasteiger partial charge is 0.314 e. The van der Waals surface area contributed by atoms with E-state index in [1.165, 1.54) is 12.8 Å². The van der Waals surface area contributed by atoms with Gasteiger partial charge in [-0.3, -0.25) is 4.79 Å². The molecular weight excluding hydrogens is 250 g/mol. The van der Waals surface area contributed by atoms with Gasteiger partial charge in [0.25, 0.3) is 5.56 Å². The van der Waals surface area contributed by atoms with Gasteiger partial charge in [0.15, 0.2) is 0 Å². The first-order valence-corrected chi connectivity index (χ1v) is 7.45. The van der Waals surface area contributed by atoms with Crippen LogP contribution < -0.4 is 10.9 Å². The lowest BCUT2D eigenvalue weighted by atomic mass is 10.1. The zero-order valence-electron chi connectivity index (χ0n) is 11.9. The van der Waals surface area contributed by atoms with Crippen LogP contribution in [0.5, 0.6) is 0 Å². The first kappa shape index (κ1) is 13.3. The maximum Gasteiger partial charge on any atom is 0.272 e. The number of hydrogen-bond donors (Lipinski definition) is 1. The van der Waals surface area contributed by atoms with Crippen molar-refractivity contribution >= 4 is 11.0 Å². The molecule has 2 heterocycles. The lowest BCUT2D eigenvalue weighted by molar-refractivity contribution is 0.501. The summed E-state index contributed by atoms with van der Waals surface area (Å²) in [5.74, 6) is 0. The van der Waals surface area contributed by atoms with Gasteiger partial charge in [-0.1, -0.05) is 12.1 Å². The molecule has 4 nitrogen and oxygen atoms in total. The molecule has 1 N–H and O–H groups in total. The molecule has 0 bridgehead atoms. The zero-order valence-corrected chi connectivity index (χ0v) is 11.9. The third kappa shape index (κ3) is 2.61. The second kappa shape index (κ2) is 5.75. The van der Waals surface area contributed by atoms with Gasteiger partial charge in [0.2, 0.25) is 0 Å². The minimum absolute atomic E-state index is 0.0445. The van der Waals surface area contributed by atoms with Gasteiger partial charge >= 0.3 is 0 Å². The van der Waals surface area contributed by atoms with E-state index in [9.17, 15) is 4.79 Å². The molecule has 1 aliphatic rings. The number of aryl methyl sites for hydroxylation is 2. The van der Waals surface area contributed by atoms with Gasteiger partial charge in [0, 0.05) is 12.6 Å². The Hall–Kier alpha value is -1.68. The van der Waals surface area contributed by atoms with Crippen molar-refractivity contribution in [3.8, 4) is 0 Å². The summed E-state index contributed by atoms with van der Waals surface area (Å²) >= 11 is 0. The topological polar surface area (TPSA) is 46.9 Å². The number of nitrogens with zero attached hydrogens (tertiary/aromatic N) is 2. The first-order valence-electron chi connectivity index (χ1n) is 7.45. The van der Waals surface area contributed by atoms with Crippen molar-refractivity contribution in [2.75, 3.05) is 6.54 Å². The van der Waals surface area contributed by atoms with Crippen LogP contribution in [-0.2, 0) is 6.54 Å². The molecule has 106 valence electrons. The Balaban J connectivity index is 1.82. The van der Waals surface area contributed by atoms with Crippen molar-refractivity contribution in [3.63, 3.8) is 0 Å². The van der Waals surface area contributed by atoms with Gasteiger partial charge < -0.3 is 9.88 Å². The Morgan fingerprint density at radius 1 is 1.40 bits per heavy atom. The van der Waals surface area contributed by atoms with Crippen LogP contribution in [0.15, 0.2) is 29.1 Å². The number of benzene rings is 1. The molecule has 1 unspecified atom stereocenters. The number of para-hydroxylation sites is 2. The monoisotopic (exact) mass is 271 g/mol. The highest BCUT2D eigenvalue weighted by atomic mass is 16.1. The second-order valence-corrected chi connectivity index (χ2v) is 5.58. The molecule has 2 aromatic rings. The van der Waals surface area contributed by atoms with E-state index < -0.39 is 0 Å². The maximum atomic E-state index is 12.3. The number of fused-ring (bicyclic) bond motifs is 1. The molecule has 1 saturated heterocycles. The number of nitrogens with one attached hydrogen (secondary N) is 1. The summed E-state index contributed by atoms with van der Waals surface area (Å²) in [5, 5.41) is 3.51.